The molecule has 0 fully saturated rings. The molecule has 152 valence electrons. The van der Waals surface area contributed by atoms with Crippen molar-refractivity contribution in [1.29, 1.82) is 0 Å². The zero-order chi connectivity index (χ0) is 20.4. The predicted molar refractivity (Wildman–Crippen MR) is 101 cm³/mol. The molecule has 0 aliphatic carbocycles. The number of fused-ring (bicyclic) bond motifs is 1. The SMILES string of the molecule is OCc1cnc(SCc2cccc(C(F)(F)F)c2)n1Cc1ccc2c(c1)OCO2. The number of ether oxygens (including phenoxy) is 2. The normalized spacial score (nSPS) is 13.1. The number of thioether (sulfide) groups is 1. The van der Waals surface area contributed by atoms with Gasteiger partial charge < -0.3 is 19.1 Å². The van der Waals surface area contributed by atoms with Gasteiger partial charge in [-0.2, -0.15) is 13.2 Å². The van der Waals surface area contributed by atoms with Crippen molar-refractivity contribution in [3.8, 4) is 11.5 Å². The fourth-order valence-electron chi connectivity index (χ4n) is 3.01. The smallest absolute Gasteiger partial charge is 0.416 e. The van der Waals surface area contributed by atoms with Crippen LogP contribution >= 0.6 is 11.8 Å². The van der Waals surface area contributed by atoms with Crippen LogP contribution in [0, 0.1) is 0 Å². The third kappa shape index (κ3) is 4.35. The maximum absolute atomic E-state index is 12.9. The molecule has 1 aliphatic heterocycles. The molecule has 0 saturated carbocycles. The van der Waals surface area contributed by atoms with E-state index in [9.17, 15) is 18.3 Å². The Morgan fingerprint density at radius 1 is 1.07 bits per heavy atom. The molecule has 1 aromatic heterocycles. The monoisotopic (exact) mass is 422 g/mol. The van der Waals surface area contributed by atoms with Gasteiger partial charge in [-0.15, -0.1) is 0 Å². The number of imidazole rings is 1. The Balaban J connectivity index is 1.52. The van der Waals surface area contributed by atoms with Crippen LogP contribution in [-0.4, -0.2) is 21.5 Å². The summed E-state index contributed by atoms with van der Waals surface area (Å²) in [6.45, 7) is 0.434. The first kappa shape index (κ1) is 19.7. The fraction of sp³-hybridized carbons (Fsp3) is 0.250. The number of rotatable bonds is 6. The average Bonchev–Trinajstić information content (AvgIpc) is 3.32. The van der Waals surface area contributed by atoms with E-state index in [0.29, 0.717) is 40.2 Å². The van der Waals surface area contributed by atoms with E-state index < -0.39 is 11.7 Å². The third-order valence-electron chi connectivity index (χ3n) is 4.46. The summed E-state index contributed by atoms with van der Waals surface area (Å²) in [5.74, 6) is 1.67. The summed E-state index contributed by atoms with van der Waals surface area (Å²) in [5, 5.41) is 10.3. The highest BCUT2D eigenvalue weighted by atomic mass is 32.2. The summed E-state index contributed by atoms with van der Waals surface area (Å²) >= 11 is 1.32. The van der Waals surface area contributed by atoms with Crippen LogP contribution < -0.4 is 9.47 Å². The van der Waals surface area contributed by atoms with Gasteiger partial charge in [-0.25, -0.2) is 4.98 Å². The minimum absolute atomic E-state index is 0.184. The standard InChI is InChI=1S/C20H17F3N2O3S/c21-20(22,23)15-3-1-2-14(6-15)11-29-19-24-8-16(10-26)25(19)9-13-4-5-17-18(7-13)28-12-27-17/h1-8,26H,9-12H2. The number of alkyl halides is 3. The summed E-state index contributed by atoms with van der Waals surface area (Å²) in [6.07, 6.45) is -2.80. The Morgan fingerprint density at radius 3 is 2.69 bits per heavy atom. The van der Waals surface area contributed by atoms with E-state index >= 15 is 0 Å². The molecule has 0 saturated heterocycles. The number of aliphatic hydroxyl groups is 1. The van der Waals surface area contributed by atoms with Gasteiger partial charge in [0.25, 0.3) is 0 Å². The van der Waals surface area contributed by atoms with Crippen LogP contribution in [0.25, 0.3) is 0 Å². The second-order valence-electron chi connectivity index (χ2n) is 6.45. The van der Waals surface area contributed by atoms with Crippen molar-refractivity contribution in [2.45, 2.75) is 30.2 Å². The van der Waals surface area contributed by atoms with Crippen molar-refractivity contribution in [3.05, 3.63) is 71.0 Å². The Bertz CT molecular complexity index is 1020. The predicted octanol–water partition coefficient (Wildman–Crippen LogP) is 4.46. The number of hydrogen-bond donors (Lipinski definition) is 1. The van der Waals surface area contributed by atoms with Crippen LogP contribution in [0.15, 0.2) is 53.8 Å². The number of benzene rings is 2. The Morgan fingerprint density at radius 2 is 1.90 bits per heavy atom. The van der Waals surface area contributed by atoms with E-state index in [1.807, 2.05) is 22.8 Å². The molecule has 0 spiro atoms. The van der Waals surface area contributed by atoms with E-state index in [1.165, 1.54) is 17.8 Å². The van der Waals surface area contributed by atoms with Crippen molar-refractivity contribution >= 4 is 11.8 Å². The van der Waals surface area contributed by atoms with Gasteiger partial charge in [0.2, 0.25) is 6.79 Å². The summed E-state index contributed by atoms with van der Waals surface area (Å²) in [5.41, 5.74) is 1.43. The lowest BCUT2D eigenvalue weighted by Gasteiger charge is -2.12. The first-order chi connectivity index (χ1) is 13.9. The summed E-state index contributed by atoms with van der Waals surface area (Å²) < 4.78 is 51.3. The van der Waals surface area contributed by atoms with E-state index in [-0.39, 0.29) is 13.4 Å². The van der Waals surface area contributed by atoms with Crippen LogP contribution in [-0.2, 0) is 25.1 Å². The lowest BCUT2D eigenvalue weighted by molar-refractivity contribution is -0.137. The van der Waals surface area contributed by atoms with E-state index in [1.54, 1.807) is 12.3 Å². The van der Waals surface area contributed by atoms with Crippen molar-refractivity contribution in [2.24, 2.45) is 0 Å². The van der Waals surface area contributed by atoms with Gasteiger partial charge in [-0.05, 0) is 29.3 Å². The maximum Gasteiger partial charge on any atom is 0.416 e. The molecule has 9 heteroatoms. The first-order valence-electron chi connectivity index (χ1n) is 8.77. The van der Waals surface area contributed by atoms with Crippen LogP contribution in [0.5, 0.6) is 11.5 Å². The zero-order valence-electron chi connectivity index (χ0n) is 15.1. The van der Waals surface area contributed by atoms with Crippen molar-refractivity contribution < 1.29 is 27.8 Å². The topological polar surface area (TPSA) is 56.5 Å². The number of halogens is 3. The molecule has 2 heterocycles. The third-order valence-corrected chi connectivity index (χ3v) is 5.53. The lowest BCUT2D eigenvalue weighted by Crippen LogP contribution is -2.06. The minimum atomic E-state index is -4.37. The van der Waals surface area contributed by atoms with Gasteiger partial charge in [0.15, 0.2) is 16.7 Å². The molecule has 0 unspecified atom stereocenters. The van der Waals surface area contributed by atoms with Gasteiger partial charge in [0.05, 0.1) is 30.6 Å². The molecule has 0 atom stereocenters. The Labute approximate surface area is 169 Å². The van der Waals surface area contributed by atoms with E-state index in [2.05, 4.69) is 4.98 Å². The largest absolute Gasteiger partial charge is 0.454 e. The molecule has 0 bridgehead atoms. The number of hydrogen-bond acceptors (Lipinski definition) is 5. The van der Waals surface area contributed by atoms with E-state index in [0.717, 1.165) is 17.7 Å². The quantitative estimate of drug-likeness (QED) is 0.595. The fourth-order valence-corrected chi connectivity index (χ4v) is 3.95. The van der Waals surface area contributed by atoms with Crippen LogP contribution in [0.3, 0.4) is 0 Å². The molecule has 1 aliphatic rings. The van der Waals surface area contributed by atoms with Gasteiger partial charge in [0, 0.05) is 5.75 Å². The van der Waals surface area contributed by atoms with Crippen molar-refractivity contribution in [1.82, 2.24) is 9.55 Å². The van der Waals surface area contributed by atoms with Gasteiger partial charge in [0.1, 0.15) is 0 Å². The molecular weight excluding hydrogens is 405 g/mol. The molecule has 1 N–H and O–H groups in total. The zero-order valence-corrected chi connectivity index (χ0v) is 16.0. The highest BCUT2D eigenvalue weighted by Gasteiger charge is 2.30. The van der Waals surface area contributed by atoms with Gasteiger partial charge in [-0.1, -0.05) is 36.0 Å². The van der Waals surface area contributed by atoms with Crippen LogP contribution in [0.1, 0.15) is 22.4 Å². The summed E-state index contributed by atoms with van der Waals surface area (Å²) in [6, 6.07) is 10.8. The maximum atomic E-state index is 12.9. The molecule has 4 rings (SSSR count). The summed E-state index contributed by atoms with van der Waals surface area (Å²) in [7, 11) is 0. The Kier molecular flexibility index (Phi) is 5.42. The highest BCUT2D eigenvalue weighted by Crippen LogP contribution is 2.34. The second kappa shape index (κ2) is 8.00. The van der Waals surface area contributed by atoms with Crippen LogP contribution in [0.2, 0.25) is 0 Å². The average molecular weight is 422 g/mol. The van der Waals surface area contributed by atoms with Crippen molar-refractivity contribution in [2.75, 3.05) is 6.79 Å². The number of aliphatic hydroxyl groups excluding tert-OH is 1. The lowest BCUT2D eigenvalue weighted by atomic mass is 10.1. The highest BCUT2D eigenvalue weighted by molar-refractivity contribution is 7.98. The van der Waals surface area contributed by atoms with Crippen LogP contribution in [0.4, 0.5) is 13.2 Å². The molecule has 2 aromatic carbocycles. The van der Waals surface area contributed by atoms with E-state index in [4.69, 9.17) is 9.47 Å². The Hall–Kier alpha value is -2.65. The number of aromatic nitrogens is 2. The summed E-state index contributed by atoms with van der Waals surface area (Å²) in [4.78, 5) is 4.33. The van der Waals surface area contributed by atoms with Crippen molar-refractivity contribution in [3.63, 3.8) is 0 Å². The molecule has 0 amide bonds. The molecular formula is C20H17F3N2O3S. The van der Waals surface area contributed by atoms with Gasteiger partial charge in [-0.3, -0.25) is 0 Å². The second-order valence-corrected chi connectivity index (χ2v) is 7.39. The van der Waals surface area contributed by atoms with Gasteiger partial charge >= 0.3 is 6.18 Å². The minimum Gasteiger partial charge on any atom is -0.454 e. The first-order valence-corrected chi connectivity index (χ1v) is 9.75. The molecule has 0 radical (unpaired) electrons. The molecule has 29 heavy (non-hydrogen) atoms. The molecule has 3 aromatic rings. The number of nitrogens with zero attached hydrogens (tertiary/aromatic N) is 2. The molecule has 5 nitrogen and oxygen atoms in total.